The van der Waals surface area contributed by atoms with Gasteiger partial charge in [-0.2, -0.15) is 0 Å². The minimum atomic E-state index is 0.424. The van der Waals surface area contributed by atoms with Gasteiger partial charge < -0.3 is 5.11 Å². The van der Waals surface area contributed by atoms with Gasteiger partial charge in [0.1, 0.15) is 0 Å². The monoisotopic (exact) mass is 404 g/mol. The Labute approximate surface area is 182 Å². The van der Waals surface area contributed by atoms with Crippen molar-refractivity contribution in [3.63, 3.8) is 0 Å². The fourth-order valence-corrected chi connectivity index (χ4v) is 7.95. The van der Waals surface area contributed by atoms with E-state index in [0.717, 1.165) is 41.4 Å². The molecule has 29 heavy (non-hydrogen) atoms. The molecule has 1 heteroatoms. The van der Waals surface area contributed by atoms with Crippen molar-refractivity contribution in [3.8, 4) is 0 Å². The van der Waals surface area contributed by atoms with E-state index in [1.165, 1.54) is 103 Å². The Bertz CT molecular complexity index is 438. The molecule has 3 fully saturated rings. The number of hydrogen-bond donors (Lipinski definition) is 1. The summed E-state index contributed by atoms with van der Waals surface area (Å²) < 4.78 is 0. The highest BCUT2D eigenvalue weighted by Crippen LogP contribution is 2.49. The van der Waals surface area contributed by atoms with Gasteiger partial charge in [-0.05, 0) is 79.4 Å². The minimum Gasteiger partial charge on any atom is -0.396 e. The van der Waals surface area contributed by atoms with E-state index < -0.39 is 0 Å². The van der Waals surface area contributed by atoms with Crippen molar-refractivity contribution in [3.05, 3.63) is 0 Å². The highest BCUT2D eigenvalue weighted by molar-refractivity contribution is 4.90. The third kappa shape index (κ3) is 6.47. The quantitative estimate of drug-likeness (QED) is 0.410. The van der Waals surface area contributed by atoms with Crippen LogP contribution in [0.5, 0.6) is 0 Å². The van der Waals surface area contributed by atoms with Crippen molar-refractivity contribution < 1.29 is 5.11 Å². The van der Waals surface area contributed by atoms with Gasteiger partial charge in [-0.1, -0.05) is 91.4 Å². The standard InChI is InChI=1S/C28H52O/c1-4-7-21-8-10-22(11-9-21)12-13-23-14-16-27(25(5-2)18-23)28-17-15-24(20-29)19-26(28)6-3/h21-29H,4-20H2,1-3H3. The van der Waals surface area contributed by atoms with Gasteiger partial charge in [0.2, 0.25) is 0 Å². The molecule has 0 radical (unpaired) electrons. The summed E-state index contributed by atoms with van der Waals surface area (Å²) in [6.45, 7) is 7.65. The molecule has 1 nitrogen and oxygen atoms in total. The van der Waals surface area contributed by atoms with Crippen LogP contribution in [0.2, 0.25) is 0 Å². The summed E-state index contributed by atoms with van der Waals surface area (Å²) in [7, 11) is 0. The van der Waals surface area contributed by atoms with Gasteiger partial charge in [-0.25, -0.2) is 0 Å². The van der Waals surface area contributed by atoms with Gasteiger partial charge in [0.05, 0.1) is 0 Å². The van der Waals surface area contributed by atoms with Gasteiger partial charge in [-0.3, -0.25) is 0 Å². The van der Waals surface area contributed by atoms with Gasteiger partial charge in [-0.15, -0.1) is 0 Å². The van der Waals surface area contributed by atoms with Crippen molar-refractivity contribution in [2.75, 3.05) is 6.61 Å². The molecule has 170 valence electrons. The highest BCUT2D eigenvalue weighted by atomic mass is 16.3. The fraction of sp³-hybridized carbons (Fsp3) is 1.00. The summed E-state index contributed by atoms with van der Waals surface area (Å²) in [5.74, 6) is 7.56. The van der Waals surface area contributed by atoms with Crippen molar-refractivity contribution in [2.24, 2.45) is 47.3 Å². The molecule has 3 saturated carbocycles. The lowest BCUT2D eigenvalue weighted by Gasteiger charge is -2.46. The molecule has 0 saturated heterocycles. The lowest BCUT2D eigenvalue weighted by Crippen LogP contribution is -2.37. The zero-order chi connectivity index (χ0) is 20.6. The molecule has 0 aromatic rings. The smallest absolute Gasteiger partial charge is 0.0459 e. The highest BCUT2D eigenvalue weighted by Gasteiger charge is 2.40. The first-order valence-corrected chi connectivity index (χ1v) is 13.8. The third-order valence-corrected chi connectivity index (χ3v) is 9.80. The average Bonchev–Trinajstić information content (AvgIpc) is 2.78. The topological polar surface area (TPSA) is 20.2 Å². The molecule has 3 aliphatic rings. The first-order valence-electron chi connectivity index (χ1n) is 13.8. The van der Waals surface area contributed by atoms with Crippen LogP contribution in [-0.4, -0.2) is 11.7 Å². The Morgan fingerprint density at radius 2 is 1.00 bits per heavy atom. The molecule has 3 rings (SSSR count). The maximum absolute atomic E-state index is 9.64. The summed E-state index contributed by atoms with van der Waals surface area (Å²) in [5.41, 5.74) is 0. The van der Waals surface area contributed by atoms with Gasteiger partial charge in [0.15, 0.2) is 0 Å². The second-order valence-corrected chi connectivity index (χ2v) is 11.5. The molecule has 0 bridgehead atoms. The molecular formula is C28H52O. The van der Waals surface area contributed by atoms with Crippen LogP contribution in [0, 0.1) is 47.3 Å². The van der Waals surface area contributed by atoms with E-state index in [9.17, 15) is 5.11 Å². The Balaban J connectivity index is 1.44. The first-order chi connectivity index (χ1) is 14.2. The first kappa shape index (κ1) is 23.6. The molecule has 3 aliphatic carbocycles. The Kier molecular flexibility index (Phi) is 9.87. The van der Waals surface area contributed by atoms with Crippen LogP contribution < -0.4 is 0 Å². The lowest BCUT2D eigenvalue weighted by atomic mass is 9.59. The summed E-state index contributed by atoms with van der Waals surface area (Å²) >= 11 is 0. The van der Waals surface area contributed by atoms with E-state index in [1.807, 2.05) is 0 Å². The van der Waals surface area contributed by atoms with E-state index in [4.69, 9.17) is 0 Å². The SMILES string of the molecule is CCCC1CCC(CCC2CCC(C3CCC(CO)CC3CC)C(CC)C2)CC1. The Morgan fingerprint density at radius 1 is 0.552 bits per heavy atom. The number of aliphatic hydroxyl groups excluding tert-OH is 1. The maximum atomic E-state index is 9.64. The summed E-state index contributed by atoms with van der Waals surface area (Å²) in [4.78, 5) is 0. The van der Waals surface area contributed by atoms with Crippen LogP contribution in [0.4, 0.5) is 0 Å². The summed E-state index contributed by atoms with van der Waals surface area (Å²) in [6.07, 6.45) is 23.3. The van der Waals surface area contributed by atoms with E-state index in [0.29, 0.717) is 12.5 Å². The van der Waals surface area contributed by atoms with Crippen molar-refractivity contribution in [1.29, 1.82) is 0 Å². The molecule has 0 spiro atoms. The Hall–Kier alpha value is -0.0400. The number of rotatable bonds is 9. The van der Waals surface area contributed by atoms with Crippen molar-refractivity contribution >= 4 is 0 Å². The number of hydrogen-bond acceptors (Lipinski definition) is 1. The fourth-order valence-electron chi connectivity index (χ4n) is 7.95. The average molecular weight is 405 g/mol. The van der Waals surface area contributed by atoms with Crippen molar-refractivity contribution in [2.45, 2.75) is 124 Å². The predicted molar refractivity (Wildman–Crippen MR) is 126 cm³/mol. The molecule has 6 unspecified atom stereocenters. The van der Waals surface area contributed by atoms with E-state index >= 15 is 0 Å². The normalized spacial score (nSPS) is 41.4. The van der Waals surface area contributed by atoms with Gasteiger partial charge in [0.25, 0.3) is 0 Å². The second-order valence-electron chi connectivity index (χ2n) is 11.5. The summed E-state index contributed by atoms with van der Waals surface area (Å²) in [5, 5.41) is 9.64. The largest absolute Gasteiger partial charge is 0.396 e. The van der Waals surface area contributed by atoms with E-state index in [-0.39, 0.29) is 0 Å². The molecule has 0 aliphatic heterocycles. The minimum absolute atomic E-state index is 0.424. The maximum Gasteiger partial charge on any atom is 0.0459 e. The number of aliphatic hydroxyl groups is 1. The molecule has 0 amide bonds. The molecular weight excluding hydrogens is 352 g/mol. The predicted octanol–water partition coefficient (Wildman–Crippen LogP) is 8.25. The van der Waals surface area contributed by atoms with Gasteiger partial charge >= 0.3 is 0 Å². The van der Waals surface area contributed by atoms with Gasteiger partial charge in [0, 0.05) is 6.61 Å². The van der Waals surface area contributed by atoms with Crippen LogP contribution in [0.25, 0.3) is 0 Å². The van der Waals surface area contributed by atoms with Crippen LogP contribution in [0.1, 0.15) is 124 Å². The van der Waals surface area contributed by atoms with Crippen molar-refractivity contribution in [1.82, 2.24) is 0 Å². The zero-order valence-electron chi connectivity index (χ0n) is 20.1. The lowest BCUT2D eigenvalue weighted by molar-refractivity contribution is 0.0283. The molecule has 0 heterocycles. The van der Waals surface area contributed by atoms with E-state index in [2.05, 4.69) is 20.8 Å². The molecule has 0 aromatic heterocycles. The zero-order valence-corrected chi connectivity index (χ0v) is 20.1. The van der Waals surface area contributed by atoms with Crippen LogP contribution in [-0.2, 0) is 0 Å². The van der Waals surface area contributed by atoms with Crippen LogP contribution >= 0.6 is 0 Å². The summed E-state index contributed by atoms with van der Waals surface area (Å²) in [6, 6.07) is 0. The third-order valence-electron chi connectivity index (χ3n) is 9.80. The molecule has 0 aromatic carbocycles. The Morgan fingerprint density at radius 3 is 1.52 bits per heavy atom. The molecule has 6 atom stereocenters. The molecule has 1 N–H and O–H groups in total. The second kappa shape index (κ2) is 12.1. The van der Waals surface area contributed by atoms with E-state index in [1.54, 1.807) is 0 Å². The van der Waals surface area contributed by atoms with Crippen LogP contribution in [0.15, 0.2) is 0 Å². The van der Waals surface area contributed by atoms with Crippen LogP contribution in [0.3, 0.4) is 0 Å².